The molecule has 0 spiro atoms. The Morgan fingerprint density at radius 1 is 1.33 bits per heavy atom. The van der Waals surface area contributed by atoms with Crippen LogP contribution in [0.2, 0.25) is 0 Å². The molecular formula is C15H24N2O. The first-order valence-corrected chi connectivity index (χ1v) is 6.75. The second kappa shape index (κ2) is 5.72. The Morgan fingerprint density at radius 3 is 2.78 bits per heavy atom. The fourth-order valence-corrected chi connectivity index (χ4v) is 2.78. The first-order valence-electron chi connectivity index (χ1n) is 6.75. The summed E-state index contributed by atoms with van der Waals surface area (Å²) in [6, 6.07) is 9.83. The van der Waals surface area contributed by atoms with Crippen molar-refractivity contribution in [2.75, 3.05) is 20.2 Å². The zero-order chi connectivity index (χ0) is 13.1. The molecule has 3 atom stereocenters. The molecule has 1 saturated heterocycles. The first-order chi connectivity index (χ1) is 8.63. The maximum atomic E-state index is 5.48. The Morgan fingerprint density at radius 2 is 2.06 bits per heavy atom. The largest absolute Gasteiger partial charge is 0.496 e. The highest BCUT2D eigenvalue weighted by atomic mass is 16.5. The lowest BCUT2D eigenvalue weighted by Crippen LogP contribution is -2.54. The standard InChI is InChI=1S/C15H24N2O/c1-11-10-17(12(2)9-16-11)13(3)14-7-5-6-8-15(14)18-4/h5-8,11-13,16H,9-10H2,1-4H3. The predicted molar refractivity (Wildman–Crippen MR) is 75.0 cm³/mol. The quantitative estimate of drug-likeness (QED) is 0.889. The van der Waals surface area contributed by atoms with E-state index >= 15 is 0 Å². The predicted octanol–water partition coefficient (Wildman–Crippen LogP) is 2.44. The summed E-state index contributed by atoms with van der Waals surface area (Å²) in [4.78, 5) is 2.55. The molecule has 2 rings (SSSR count). The monoisotopic (exact) mass is 248 g/mol. The molecular weight excluding hydrogens is 224 g/mol. The van der Waals surface area contributed by atoms with Gasteiger partial charge >= 0.3 is 0 Å². The number of para-hydroxylation sites is 1. The number of rotatable bonds is 3. The normalized spacial score (nSPS) is 26.9. The molecule has 100 valence electrons. The van der Waals surface area contributed by atoms with Crippen LogP contribution in [-0.4, -0.2) is 37.2 Å². The second-order valence-electron chi connectivity index (χ2n) is 5.27. The summed E-state index contributed by atoms with van der Waals surface area (Å²) in [6.07, 6.45) is 0. The van der Waals surface area contributed by atoms with Crippen LogP contribution in [0.15, 0.2) is 24.3 Å². The maximum Gasteiger partial charge on any atom is 0.123 e. The van der Waals surface area contributed by atoms with Crippen LogP contribution < -0.4 is 10.1 Å². The summed E-state index contributed by atoms with van der Waals surface area (Å²) >= 11 is 0. The Bertz CT molecular complexity index is 394. The Labute approximate surface area is 110 Å². The van der Waals surface area contributed by atoms with Crippen LogP contribution >= 0.6 is 0 Å². The number of piperazine rings is 1. The Kier molecular flexibility index (Phi) is 4.25. The van der Waals surface area contributed by atoms with Crippen molar-refractivity contribution in [1.29, 1.82) is 0 Å². The summed E-state index contributed by atoms with van der Waals surface area (Å²) in [5.74, 6) is 0.989. The summed E-state index contributed by atoms with van der Waals surface area (Å²) in [5.41, 5.74) is 1.28. The van der Waals surface area contributed by atoms with Crippen molar-refractivity contribution in [3.05, 3.63) is 29.8 Å². The van der Waals surface area contributed by atoms with Crippen LogP contribution in [0.4, 0.5) is 0 Å². The minimum Gasteiger partial charge on any atom is -0.496 e. The number of ether oxygens (including phenoxy) is 1. The first kappa shape index (κ1) is 13.4. The van der Waals surface area contributed by atoms with Crippen molar-refractivity contribution >= 4 is 0 Å². The van der Waals surface area contributed by atoms with E-state index in [9.17, 15) is 0 Å². The number of nitrogens with one attached hydrogen (secondary N) is 1. The summed E-state index contributed by atoms with van der Waals surface area (Å²) in [6.45, 7) is 8.94. The van der Waals surface area contributed by atoms with E-state index in [1.165, 1.54) is 5.56 Å². The molecule has 3 heteroatoms. The van der Waals surface area contributed by atoms with Gasteiger partial charge in [0, 0.05) is 36.8 Å². The lowest BCUT2D eigenvalue weighted by Gasteiger charge is -2.41. The topological polar surface area (TPSA) is 24.5 Å². The minimum atomic E-state index is 0.390. The molecule has 1 N–H and O–H groups in total. The molecule has 3 nitrogen and oxygen atoms in total. The maximum absolute atomic E-state index is 5.48. The van der Waals surface area contributed by atoms with Gasteiger partial charge in [0.25, 0.3) is 0 Å². The lowest BCUT2D eigenvalue weighted by atomic mass is 10.0. The van der Waals surface area contributed by atoms with Gasteiger partial charge in [-0.05, 0) is 26.8 Å². The van der Waals surface area contributed by atoms with Gasteiger partial charge < -0.3 is 10.1 Å². The van der Waals surface area contributed by atoms with Crippen molar-refractivity contribution in [2.45, 2.75) is 38.9 Å². The third-order valence-electron chi connectivity index (χ3n) is 3.90. The third kappa shape index (κ3) is 2.68. The van der Waals surface area contributed by atoms with Crippen molar-refractivity contribution in [2.24, 2.45) is 0 Å². The van der Waals surface area contributed by atoms with Gasteiger partial charge in [0.2, 0.25) is 0 Å². The summed E-state index contributed by atoms with van der Waals surface area (Å²) in [7, 11) is 1.75. The van der Waals surface area contributed by atoms with E-state index in [-0.39, 0.29) is 0 Å². The zero-order valence-electron chi connectivity index (χ0n) is 11.8. The van der Waals surface area contributed by atoms with Crippen LogP contribution in [0.1, 0.15) is 32.4 Å². The van der Waals surface area contributed by atoms with Crippen LogP contribution in [0.25, 0.3) is 0 Å². The number of benzene rings is 1. The van der Waals surface area contributed by atoms with Crippen molar-refractivity contribution in [3.63, 3.8) is 0 Å². The van der Waals surface area contributed by atoms with Crippen LogP contribution in [0.5, 0.6) is 5.75 Å². The lowest BCUT2D eigenvalue weighted by molar-refractivity contribution is 0.102. The molecule has 1 heterocycles. The molecule has 1 aromatic carbocycles. The average Bonchev–Trinajstić information content (AvgIpc) is 2.40. The Hall–Kier alpha value is -1.06. The molecule has 3 unspecified atom stereocenters. The second-order valence-corrected chi connectivity index (χ2v) is 5.27. The highest BCUT2D eigenvalue weighted by Crippen LogP contribution is 2.30. The van der Waals surface area contributed by atoms with E-state index in [2.05, 4.69) is 43.1 Å². The average molecular weight is 248 g/mol. The van der Waals surface area contributed by atoms with E-state index in [0.717, 1.165) is 18.8 Å². The Balaban J connectivity index is 2.21. The van der Waals surface area contributed by atoms with Gasteiger partial charge in [-0.25, -0.2) is 0 Å². The van der Waals surface area contributed by atoms with Gasteiger partial charge in [-0.2, -0.15) is 0 Å². The van der Waals surface area contributed by atoms with Crippen LogP contribution in [0.3, 0.4) is 0 Å². The molecule has 1 aliphatic rings. The van der Waals surface area contributed by atoms with Crippen LogP contribution in [0, 0.1) is 0 Å². The van der Waals surface area contributed by atoms with Crippen molar-refractivity contribution in [1.82, 2.24) is 10.2 Å². The summed E-state index contributed by atoms with van der Waals surface area (Å²) in [5, 5.41) is 3.52. The number of methoxy groups -OCH3 is 1. The third-order valence-corrected chi connectivity index (χ3v) is 3.90. The van der Waals surface area contributed by atoms with Gasteiger partial charge in [0.05, 0.1) is 7.11 Å². The summed E-state index contributed by atoms with van der Waals surface area (Å²) < 4.78 is 5.48. The van der Waals surface area contributed by atoms with E-state index in [1.807, 2.05) is 12.1 Å². The number of nitrogens with zero attached hydrogens (tertiary/aromatic N) is 1. The number of hydrogen-bond acceptors (Lipinski definition) is 3. The molecule has 0 amide bonds. The fraction of sp³-hybridized carbons (Fsp3) is 0.600. The molecule has 18 heavy (non-hydrogen) atoms. The van der Waals surface area contributed by atoms with Gasteiger partial charge in [-0.3, -0.25) is 4.90 Å². The van der Waals surface area contributed by atoms with E-state index in [1.54, 1.807) is 7.11 Å². The highest BCUT2D eigenvalue weighted by molar-refractivity contribution is 5.35. The number of hydrogen-bond donors (Lipinski definition) is 1. The highest BCUT2D eigenvalue weighted by Gasteiger charge is 2.28. The molecule has 0 bridgehead atoms. The van der Waals surface area contributed by atoms with Crippen molar-refractivity contribution in [3.8, 4) is 5.75 Å². The van der Waals surface area contributed by atoms with Crippen molar-refractivity contribution < 1.29 is 4.74 Å². The van der Waals surface area contributed by atoms with Gasteiger partial charge in [-0.15, -0.1) is 0 Å². The molecule has 0 radical (unpaired) electrons. The molecule has 0 saturated carbocycles. The molecule has 1 fully saturated rings. The van der Waals surface area contributed by atoms with Gasteiger partial charge in [-0.1, -0.05) is 18.2 Å². The van der Waals surface area contributed by atoms with E-state index < -0.39 is 0 Å². The van der Waals surface area contributed by atoms with Gasteiger partial charge in [0.15, 0.2) is 0 Å². The minimum absolute atomic E-state index is 0.390. The molecule has 1 aliphatic heterocycles. The van der Waals surface area contributed by atoms with Crippen LogP contribution in [-0.2, 0) is 0 Å². The SMILES string of the molecule is COc1ccccc1C(C)N1CC(C)NCC1C. The fourth-order valence-electron chi connectivity index (χ4n) is 2.78. The zero-order valence-corrected chi connectivity index (χ0v) is 11.8. The van der Waals surface area contributed by atoms with E-state index in [4.69, 9.17) is 4.74 Å². The smallest absolute Gasteiger partial charge is 0.123 e. The molecule has 0 aromatic heterocycles. The van der Waals surface area contributed by atoms with E-state index in [0.29, 0.717) is 18.1 Å². The molecule has 1 aromatic rings. The van der Waals surface area contributed by atoms with Gasteiger partial charge in [0.1, 0.15) is 5.75 Å². The molecule has 0 aliphatic carbocycles.